The number of allylic oxidation sites excluding steroid dienone is 3. The van der Waals surface area contributed by atoms with Crippen molar-refractivity contribution >= 4 is 11.0 Å². The van der Waals surface area contributed by atoms with E-state index in [1.54, 1.807) is 0 Å². The maximum atomic E-state index is 12.9. The van der Waals surface area contributed by atoms with E-state index in [9.17, 15) is 25.2 Å². The maximum Gasteiger partial charge on any atom is 0.238 e. The quantitative estimate of drug-likeness (QED) is 0.397. The van der Waals surface area contributed by atoms with Crippen molar-refractivity contribution in [2.45, 2.75) is 33.6 Å². The lowest BCUT2D eigenvalue weighted by atomic mass is 9.88. The van der Waals surface area contributed by atoms with Gasteiger partial charge in [-0.1, -0.05) is 23.8 Å². The van der Waals surface area contributed by atoms with Gasteiger partial charge in [-0.3, -0.25) is 4.79 Å². The molecule has 1 aromatic heterocycles. The van der Waals surface area contributed by atoms with Gasteiger partial charge < -0.3 is 24.8 Å². The van der Waals surface area contributed by atoms with Crippen molar-refractivity contribution in [3.8, 4) is 34.3 Å². The van der Waals surface area contributed by atoms with E-state index < -0.39 is 16.9 Å². The average molecular weight is 422 g/mol. The highest BCUT2D eigenvalue weighted by molar-refractivity contribution is 5.91. The van der Waals surface area contributed by atoms with Crippen LogP contribution in [0.1, 0.15) is 32.8 Å². The molecule has 6 nitrogen and oxygen atoms in total. The molecule has 162 valence electrons. The van der Waals surface area contributed by atoms with Crippen molar-refractivity contribution in [2.24, 2.45) is 5.92 Å². The molecule has 6 heteroatoms. The van der Waals surface area contributed by atoms with Crippen molar-refractivity contribution in [1.82, 2.24) is 0 Å². The minimum absolute atomic E-state index is 0.00632. The minimum Gasteiger partial charge on any atom is -0.508 e. The molecule has 0 aliphatic heterocycles. The summed E-state index contributed by atoms with van der Waals surface area (Å²) >= 11 is 0. The van der Waals surface area contributed by atoms with Crippen LogP contribution in [-0.4, -0.2) is 20.4 Å². The number of rotatable bonds is 6. The monoisotopic (exact) mass is 422 g/mol. The number of hydrogen-bond acceptors (Lipinski definition) is 6. The molecule has 0 unspecified atom stereocenters. The van der Waals surface area contributed by atoms with Gasteiger partial charge in [0.15, 0.2) is 5.76 Å². The number of benzene rings is 2. The van der Waals surface area contributed by atoms with Gasteiger partial charge in [0, 0.05) is 17.2 Å². The highest BCUT2D eigenvalue weighted by atomic mass is 16.4. The van der Waals surface area contributed by atoms with E-state index in [0.717, 1.165) is 17.2 Å². The normalized spacial score (nSPS) is 12.0. The summed E-state index contributed by atoms with van der Waals surface area (Å²) in [7, 11) is 0. The molecule has 1 atom stereocenters. The summed E-state index contributed by atoms with van der Waals surface area (Å²) in [6.07, 6.45) is 3.08. The Hall–Kier alpha value is -3.67. The molecule has 0 aliphatic rings. The third-order valence-electron chi connectivity index (χ3n) is 5.29. The Morgan fingerprint density at radius 3 is 2.29 bits per heavy atom. The zero-order valence-corrected chi connectivity index (χ0v) is 17.8. The van der Waals surface area contributed by atoms with Crippen LogP contribution in [0.15, 0.2) is 63.3 Å². The summed E-state index contributed by atoms with van der Waals surface area (Å²) in [6, 6.07) is 6.87. The smallest absolute Gasteiger partial charge is 0.238 e. The summed E-state index contributed by atoms with van der Waals surface area (Å²) < 4.78 is 5.90. The Bertz CT molecular complexity index is 1230. The van der Waals surface area contributed by atoms with Crippen LogP contribution in [0.5, 0.6) is 23.0 Å². The molecule has 0 spiro atoms. The van der Waals surface area contributed by atoms with Gasteiger partial charge in [-0.15, -0.1) is 0 Å². The second kappa shape index (κ2) is 8.60. The fourth-order valence-electron chi connectivity index (χ4n) is 3.47. The van der Waals surface area contributed by atoms with Gasteiger partial charge in [0.25, 0.3) is 0 Å². The zero-order chi connectivity index (χ0) is 22.9. The van der Waals surface area contributed by atoms with Gasteiger partial charge in [-0.05, 0) is 63.8 Å². The molecule has 3 aromatic rings. The van der Waals surface area contributed by atoms with E-state index in [0.29, 0.717) is 24.0 Å². The van der Waals surface area contributed by atoms with Gasteiger partial charge in [0.05, 0.1) is 0 Å². The van der Waals surface area contributed by atoms with Crippen LogP contribution in [-0.2, 0) is 6.42 Å². The second-order valence-electron chi connectivity index (χ2n) is 8.02. The highest BCUT2D eigenvalue weighted by Gasteiger charge is 2.24. The molecule has 4 N–H and O–H groups in total. The predicted molar refractivity (Wildman–Crippen MR) is 121 cm³/mol. The molecular weight excluding hydrogens is 396 g/mol. The van der Waals surface area contributed by atoms with Gasteiger partial charge in [0.2, 0.25) is 11.2 Å². The van der Waals surface area contributed by atoms with Gasteiger partial charge >= 0.3 is 0 Å². The van der Waals surface area contributed by atoms with Crippen molar-refractivity contribution < 1.29 is 24.8 Å². The number of phenols is 3. The largest absolute Gasteiger partial charge is 0.508 e. The molecule has 3 rings (SSSR count). The van der Waals surface area contributed by atoms with Crippen LogP contribution < -0.4 is 5.43 Å². The maximum absolute atomic E-state index is 12.9. The number of aromatic hydroxyl groups is 4. The third-order valence-corrected chi connectivity index (χ3v) is 5.29. The average Bonchev–Trinajstić information content (AvgIpc) is 2.69. The number of phenolic OH excluding ortho intramolecular Hbond substituents is 3. The van der Waals surface area contributed by atoms with Crippen molar-refractivity contribution in [1.29, 1.82) is 0 Å². The first-order chi connectivity index (χ1) is 14.6. The van der Waals surface area contributed by atoms with E-state index in [-0.39, 0.29) is 34.1 Å². The lowest BCUT2D eigenvalue weighted by Crippen LogP contribution is -2.09. The van der Waals surface area contributed by atoms with Crippen molar-refractivity contribution in [3.63, 3.8) is 0 Å². The van der Waals surface area contributed by atoms with Crippen molar-refractivity contribution in [3.05, 3.63) is 69.9 Å². The predicted octanol–water partition coefficient (Wildman–Crippen LogP) is 5.37. The Labute approximate surface area is 180 Å². The summed E-state index contributed by atoms with van der Waals surface area (Å²) in [5, 5.41) is 40.7. The lowest BCUT2D eigenvalue weighted by Gasteiger charge is -2.18. The zero-order valence-electron chi connectivity index (χ0n) is 17.8. The van der Waals surface area contributed by atoms with E-state index in [1.807, 2.05) is 20.8 Å². The molecule has 0 aliphatic carbocycles. The molecule has 2 aromatic carbocycles. The first kappa shape index (κ1) is 22.0. The van der Waals surface area contributed by atoms with Gasteiger partial charge in [0.1, 0.15) is 28.2 Å². The minimum atomic E-state index is -0.806. The summed E-state index contributed by atoms with van der Waals surface area (Å²) in [4.78, 5) is 12.9. The molecule has 0 bridgehead atoms. The van der Waals surface area contributed by atoms with Gasteiger partial charge in [-0.2, -0.15) is 0 Å². The van der Waals surface area contributed by atoms with E-state index in [1.165, 1.54) is 24.3 Å². The topological polar surface area (TPSA) is 111 Å². The van der Waals surface area contributed by atoms with E-state index in [2.05, 4.69) is 12.7 Å². The Morgan fingerprint density at radius 2 is 1.71 bits per heavy atom. The SMILES string of the molecule is C=C(C)[C@@H](CC=C(C)C)Cc1c(O)cc(O)c2c(=O)c(O)c(-c3ccc(O)cc3)oc12. The Kier molecular flexibility index (Phi) is 6.11. The molecule has 31 heavy (non-hydrogen) atoms. The van der Waals surface area contributed by atoms with Crippen LogP contribution in [0.4, 0.5) is 0 Å². The molecule has 0 saturated carbocycles. The molecule has 1 heterocycles. The highest BCUT2D eigenvalue weighted by Crippen LogP contribution is 2.40. The van der Waals surface area contributed by atoms with Crippen LogP contribution >= 0.6 is 0 Å². The van der Waals surface area contributed by atoms with Crippen LogP contribution in [0.3, 0.4) is 0 Å². The fraction of sp³-hybridized carbons (Fsp3) is 0.240. The first-order valence-corrected chi connectivity index (χ1v) is 9.91. The molecule has 0 fully saturated rings. The standard InChI is InChI=1S/C25H26O6/c1-13(2)5-6-16(14(3)4)11-18-19(27)12-20(28)21-22(29)23(30)24(31-25(18)21)15-7-9-17(26)10-8-15/h5,7-10,12,16,26-28,30H,3,6,11H2,1-2,4H3/t16-/m0/s1. The summed E-state index contributed by atoms with van der Waals surface area (Å²) in [6.45, 7) is 9.93. The fourth-order valence-corrected chi connectivity index (χ4v) is 3.47. The number of fused-ring (bicyclic) bond motifs is 1. The molecule has 0 amide bonds. The van der Waals surface area contributed by atoms with Crippen LogP contribution in [0.2, 0.25) is 0 Å². The summed E-state index contributed by atoms with van der Waals surface area (Å²) in [5.74, 6) is -1.48. The molecule has 0 saturated heterocycles. The molecular formula is C25H26O6. The van der Waals surface area contributed by atoms with E-state index >= 15 is 0 Å². The Morgan fingerprint density at radius 1 is 1.06 bits per heavy atom. The molecule has 0 radical (unpaired) electrons. The Balaban J connectivity index is 2.26. The first-order valence-electron chi connectivity index (χ1n) is 9.91. The lowest BCUT2D eigenvalue weighted by molar-refractivity contribution is 0.432. The van der Waals surface area contributed by atoms with Gasteiger partial charge in [-0.25, -0.2) is 0 Å². The van der Waals surface area contributed by atoms with Crippen LogP contribution in [0.25, 0.3) is 22.3 Å². The van der Waals surface area contributed by atoms with Crippen LogP contribution in [0, 0.1) is 5.92 Å². The summed E-state index contributed by atoms with van der Waals surface area (Å²) in [5.41, 5.74) is 1.96. The third kappa shape index (κ3) is 4.43. The second-order valence-corrected chi connectivity index (χ2v) is 8.02. The van der Waals surface area contributed by atoms with E-state index in [4.69, 9.17) is 4.42 Å². The van der Waals surface area contributed by atoms with Crippen molar-refractivity contribution in [2.75, 3.05) is 0 Å². The number of hydrogen-bond donors (Lipinski definition) is 4.